The zero-order valence-corrected chi connectivity index (χ0v) is 35.7. The first-order valence-electron chi connectivity index (χ1n) is 21.4. The SMILES string of the molecule is C=CCCCCOC(=O)c1cc(C(=O)OCCCCC=C)cc(-c2cccc(C(=O)c3cccc(-c4cc(C(=O)OCCCCC=C)cc(C(=O)OCCCCC=C)c4)c3)c2)c1. The molecule has 0 aliphatic rings. The number of ketones is 1. The maximum absolute atomic E-state index is 14.2. The minimum atomic E-state index is -0.574. The van der Waals surface area contributed by atoms with Crippen molar-refractivity contribution in [2.45, 2.75) is 77.0 Å². The van der Waals surface area contributed by atoms with Gasteiger partial charge >= 0.3 is 23.9 Å². The fraction of sp³-hybridized carbons (Fsp3) is 0.302. The van der Waals surface area contributed by atoms with Crippen molar-refractivity contribution in [3.63, 3.8) is 0 Å². The highest BCUT2D eigenvalue weighted by Crippen LogP contribution is 2.29. The molecular formula is C53H58O9. The van der Waals surface area contributed by atoms with E-state index in [-0.39, 0.29) is 54.5 Å². The summed E-state index contributed by atoms with van der Waals surface area (Å²) in [7, 11) is 0. The van der Waals surface area contributed by atoms with Crippen LogP contribution in [0.25, 0.3) is 22.3 Å². The molecule has 4 rings (SSSR count). The lowest BCUT2D eigenvalue weighted by Gasteiger charge is -2.12. The van der Waals surface area contributed by atoms with Crippen LogP contribution in [0.3, 0.4) is 0 Å². The van der Waals surface area contributed by atoms with E-state index in [4.69, 9.17) is 18.9 Å². The number of ether oxygens (including phenoxy) is 4. The van der Waals surface area contributed by atoms with Crippen molar-refractivity contribution in [3.8, 4) is 22.3 Å². The predicted molar refractivity (Wildman–Crippen MR) is 245 cm³/mol. The molecule has 324 valence electrons. The van der Waals surface area contributed by atoms with Crippen LogP contribution in [-0.2, 0) is 18.9 Å². The van der Waals surface area contributed by atoms with E-state index in [0.717, 1.165) is 51.4 Å². The Hall–Kier alpha value is -6.61. The van der Waals surface area contributed by atoms with E-state index >= 15 is 0 Å². The van der Waals surface area contributed by atoms with Gasteiger partial charge in [0.15, 0.2) is 5.78 Å². The summed E-state index contributed by atoms with van der Waals surface area (Å²) in [5.74, 6) is -2.59. The quantitative estimate of drug-likeness (QED) is 0.0181. The number of esters is 4. The molecule has 0 bridgehead atoms. The molecule has 4 aromatic carbocycles. The van der Waals surface area contributed by atoms with Crippen molar-refractivity contribution >= 4 is 29.7 Å². The molecule has 0 spiro atoms. The maximum Gasteiger partial charge on any atom is 0.338 e. The van der Waals surface area contributed by atoms with Gasteiger partial charge in [-0.1, -0.05) is 60.7 Å². The monoisotopic (exact) mass is 838 g/mol. The van der Waals surface area contributed by atoms with Crippen molar-refractivity contribution in [2.24, 2.45) is 0 Å². The van der Waals surface area contributed by atoms with E-state index in [1.54, 1.807) is 72.8 Å². The molecule has 0 saturated heterocycles. The largest absolute Gasteiger partial charge is 0.462 e. The number of allylic oxidation sites excluding steroid dienone is 4. The second-order valence-corrected chi connectivity index (χ2v) is 14.8. The fourth-order valence-corrected chi connectivity index (χ4v) is 6.46. The lowest BCUT2D eigenvalue weighted by Crippen LogP contribution is -2.11. The second kappa shape index (κ2) is 26.6. The van der Waals surface area contributed by atoms with E-state index in [0.29, 0.717) is 59.1 Å². The summed E-state index contributed by atoms with van der Waals surface area (Å²) in [4.78, 5) is 67.1. The first kappa shape index (κ1) is 48.1. The number of hydrogen-bond acceptors (Lipinski definition) is 9. The van der Waals surface area contributed by atoms with Crippen molar-refractivity contribution in [1.29, 1.82) is 0 Å². The van der Waals surface area contributed by atoms with Gasteiger partial charge in [-0.25, -0.2) is 19.2 Å². The van der Waals surface area contributed by atoms with E-state index < -0.39 is 23.9 Å². The molecule has 0 aliphatic carbocycles. The van der Waals surface area contributed by atoms with Crippen molar-refractivity contribution < 1.29 is 42.9 Å². The average Bonchev–Trinajstić information content (AvgIpc) is 3.30. The summed E-state index contributed by atoms with van der Waals surface area (Å²) in [6.07, 6.45) is 16.5. The highest BCUT2D eigenvalue weighted by molar-refractivity contribution is 6.10. The third kappa shape index (κ3) is 15.4. The lowest BCUT2D eigenvalue weighted by molar-refractivity contribution is 0.0479. The van der Waals surface area contributed by atoms with Crippen LogP contribution in [0.2, 0.25) is 0 Å². The van der Waals surface area contributed by atoms with Gasteiger partial charge in [0.05, 0.1) is 48.7 Å². The number of hydrogen-bond donors (Lipinski definition) is 0. The number of benzene rings is 4. The Balaban J connectivity index is 1.64. The number of rotatable bonds is 28. The molecule has 4 aromatic rings. The van der Waals surface area contributed by atoms with E-state index in [1.807, 2.05) is 24.3 Å². The Labute approximate surface area is 366 Å². The molecule has 0 unspecified atom stereocenters. The maximum atomic E-state index is 14.2. The summed E-state index contributed by atoms with van der Waals surface area (Å²) >= 11 is 0. The lowest BCUT2D eigenvalue weighted by atomic mass is 9.94. The zero-order chi connectivity index (χ0) is 44.5. The van der Waals surface area contributed by atoms with Crippen molar-refractivity contribution in [1.82, 2.24) is 0 Å². The molecule has 0 aliphatic heterocycles. The van der Waals surface area contributed by atoms with Gasteiger partial charge in [0.25, 0.3) is 0 Å². The van der Waals surface area contributed by atoms with Gasteiger partial charge in [0.1, 0.15) is 0 Å². The topological polar surface area (TPSA) is 122 Å². The minimum Gasteiger partial charge on any atom is -0.462 e. The van der Waals surface area contributed by atoms with Gasteiger partial charge in [0.2, 0.25) is 0 Å². The first-order chi connectivity index (χ1) is 30.2. The van der Waals surface area contributed by atoms with Crippen LogP contribution in [0.5, 0.6) is 0 Å². The van der Waals surface area contributed by atoms with Crippen molar-refractivity contribution in [2.75, 3.05) is 26.4 Å². The second-order valence-electron chi connectivity index (χ2n) is 14.8. The van der Waals surface area contributed by atoms with Crippen LogP contribution >= 0.6 is 0 Å². The summed E-state index contributed by atoms with van der Waals surface area (Å²) in [6.45, 7) is 15.8. The molecule has 0 heterocycles. The molecule has 9 nitrogen and oxygen atoms in total. The summed E-state index contributed by atoms with van der Waals surface area (Å²) in [5, 5.41) is 0. The molecule has 0 atom stereocenters. The molecule has 9 heteroatoms. The van der Waals surface area contributed by atoms with Gasteiger partial charge in [-0.3, -0.25) is 4.79 Å². The Bertz CT molecular complexity index is 1950. The van der Waals surface area contributed by atoms with Crippen LogP contribution in [-0.4, -0.2) is 56.1 Å². The number of carbonyl (C=O) groups is 5. The standard InChI is InChI=1S/C53H58O9/c1-5-9-13-17-27-59-50(55)45-33-43(34-46(37-45)51(56)60-28-18-14-10-6-2)39-23-21-25-41(31-39)49(54)42-26-22-24-40(32-42)44-35-47(52(57)61-29-19-15-11-7-3)38-48(36-44)53(58)62-30-20-16-12-8-4/h5-8,21-26,31-38H,1-4,9-20,27-30H2. The molecule has 0 amide bonds. The minimum absolute atomic E-state index is 0.184. The third-order valence-corrected chi connectivity index (χ3v) is 9.87. The van der Waals surface area contributed by atoms with Gasteiger partial charge in [-0.2, -0.15) is 0 Å². The molecule has 0 aromatic heterocycles. The normalized spacial score (nSPS) is 10.6. The van der Waals surface area contributed by atoms with Gasteiger partial charge in [-0.15, -0.1) is 26.3 Å². The van der Waals surface area contributed by atoms with Crippen LogP contribution in [0.15, 0.2) is 136 Å². The van der Waals surface area contributed by atoms with E-state index in [2.05, 4.69) is 26.3 Å². The average molecular weight is 839 g/mol. The highest BCUT2D eigenvalue weighted by atomic mass is 16.5. The number of carbonyl (C=O) groups excluding carboxylic acids is 5. The fourth-order valence-electron chi connectivity index (χ4n) is 6.46. The zero-order valence-electron chi connectivity index (χ0n) is 35.7. The first-order valence-corrected chi connectivity index (χ1v) is 21.4. The Morgan fingerprint density at radius 1 is 0.355 bits per heavy atom. The van der Waals surface area contributed by atoms with E-state index in [9.17, 15) is 24.0 Å². The molecule has 62 heavy (non-hydrogen) atoms. The Morgan fingerprint density at radius 3 is 0.903 bits per heavy atom. The molecule has 0 fully saturated rings. The molecule has 0 N–H and O–H groups in total. The molecule has 0 radical (unpaired) electrons. The summed E-state index contributed by atoms with van der Waals surface area (Å²) in [5.41, 5.74) is 3.69. The van der Waals surface area contributed by atoms with Gasteiger partial charge < -0.3 is 18.9 Å². The summed E-state index contributed by atoms with van der Waals surface area (Å²) < 4.78 is 22.2. The Kier molecular flexibility index (Phi) is 20.6. The number of unbranched alkanes of at least 4 members (excludes halogenated alkanes) is 8. The smallest absolute Gasteiger partial charge is 0.338 e. The third-order valence-electron chi connectivity index (χ3n) is 9.87. The van der Waals surface area contributed by atoms with Crippen LogP contribution in [0.4, 0.5) is 0 Å². The van der Waals surface area contributed by atoms with Crippen LogP contribution in [0, 0.1) is 0 Å². The molecular weight excluding hydrogens is 781 g/mol. The van der Waals surface area contributed by atoms with Crippen LogP contribution < -0.4 is 0 Å². The van der Waals surface area contributed by atoms with Crippen molar-refractivity contribution in [3.05, 3.63) is 169 Å². The summed E-state index contributed by atoms with van der Waals surface area (Å²) in [6, 6.07) is 23.3. The van der Waals surface area contributed by atoms with Gasteiger partial charge in [-0.05, 0) is 148 Å². The van der Waals surface area contributed by atoms with E-state index in [1.165, 1.54) is 12.1 Å². The predicted octanol–water partition coefficient (Wildman–Crippen LogP) is 12.3. The molecule has 0 saturated carbocycles. The Morgan fingerprint density at radius 2 is 0.629 bits per heavy atom. The van der Waals surface area contributed by atoms with Crippen LogP contribution in [0.1, 0.15) is 134 Å². The highest BCUT2D eigenvalue weighted by Gasteiger charge is 2.20. The van der Waals surface area contributed by atoms with Gasteiger partial charge in [0, 0.05) is 11.1 Å².